The Balaban J connectivity index is 1.68. The number of fused-ring (bicyclic) bond motifs is 6. The zero-order chi connectivity index (χ0) is 20.4. The van der Waals surface area contributed by atoms with Crippen LogP contribution in [0.3, 0.4) is 0 Å². The Hall–Kier alpha value is -3.39. The standard InChI is InChI=1S/C29H24N2/c1-2-9-19(10-3-1)24-17-20(26-14-6-7-16-30-26)18-25-23-13-8-12-22-21-11-4-5-15-27(21)31(28(22)23)29(24)25/h4-8,11-19H,1-3,9-10H2. The molecule has 0 atom stereocenters. The molecule has 0 unspecified atom stereocenters. The lowest BCUT2D eigenvalue weighted by Crippen LogP contribution is -2.06. The molecule has 150 valence electrons. The molecule has 1 aliphatic carbocycles. The average Bonchev–Trinajstić information content (AvgIpc) is 3.37. The van der Waals surface area contributed by atoms with Crippen molar-refractivity contribution in [3.05, 3.63) is 84.6 Å². The second kappa shape index (κ2) is 6.55. The summed E-state index contributed by atoms with van der Waals surface area (Å²) in [4.78, 5) is 4.69. The molecule has 6 aromatic rings. The minimum absolute atomic E-state index is 0.622. The summed E-state index contributed by atoms with van der Waals surface area (Å²) in [5, 5.41) is 5.44. The van der Waals surface area contributed by atoms with E-state index in [9.17, 15) is 0 Å². The van der Waals surface area contributed by atoms with Crippen LogP contribution in [0, 0.1) is 0 Å². The summed E-state index contributed by atoms with van der Waals surface area (Å²) in [6.07, 6.45) is 8.52. The summed E-state index contributed by atoms with van der Waals surface area (Å²) < 4.78 is 2.56. The second-order valence-electron chi connectivity index (χ2n) is 9.07. The van der Waals surface area contributed by atoms with Crippen LogP contribution in [-0.4, -0.2) is 9.38 Å². The lowest BCUT2D eigenvalue weighted by atomic mass is 9.82. The number of nitrogens with zero attached hydrogens (tertiary/aromatic N) is 2. The molecule has 0 aliphatic heterocycles. The summed E-state index contributed by atoms with van der Waals surface area (Å²) in [5.74, 6) is 0.622. The van der Waals surface area contributed by atoms with Crippen molar-refractivity contribution in [3.63, 3.8) is 0 Å². The van der Waals surface area contributed by atoms with Crippen molar-refractivity contribution >= 4 is 38.1 Å². The van der Waals surface area contributed by atoms with E-state index in [0.29, 0.717) is 5.92 Å². The predicted molar refractivity (Wildman–Crippen MR) is 130 cm³/mol. The highest BCUT2D eigenvalue weighted by Gasteiger charge is 2.24. The van der Waals surface area contributed by atoms with Crippen molar-refractivity contribution in [2.45, 2.75) is 38.0 Å². The molecule has 0 amide bonds. The number of para-hydroxylation sites is 2. The van der Waals surface area contributed by atoms with Crippen LogP contribution in [0.2, 0.25) is 0 Å². The van der Waals surface area contributed by atoms with Crippen LogP contribution in [0.25, 0.3) is 49.4 Å². The third kappa shape index (κ3) is 2.42. The highest BCUT2D eigenvalue weighted by atomic mass is 14.9. The zero-order valence-electron chi connectivity index (χ0n) is 17.5. The van der Waals surface area contributed by atoms with E-state index < -0.39 is 0 Å². The summed E-state index contributed by atoms with van der Waals surface area (Å²) in [6, 6.07) is 26.7. The fraction of sp³-hybridized carbons (Fsp3) is 0.207. The molecule has 7 rings (SSSR count). The van der Waals surface area contributed by atoms with Crippen LogP contribution in [0.4, 0.5) is 0 Å². The molecular weight excluding hydrogens is 376 g/mol. The third-order valence-electron chi connectivity index (χ3n) is 7.35. The summed E-state index contributed by atoms with van der Waals surface area (Å²) >= 11 is 0. The van der Waals surface area contributed by atoms with Crippen LogP contribution >= 0.6 is 0 Å². The lowest BCUT2D eigenvalue weighted by Gasteiger charge is -2.23. The highest BCUT2D eigenvalue weighted by Crippen LogP contribution is 2.45. The molecule has 0 N–H and O–H groups in total. The largest absolute Gasteiger partial charge is 0.308 e. The van der Waals surface area contributed by atoms with E-state index in [4.69, 9.17) is 0 Å². The van der Waals surface area contributed by atoms with Gasteiger partial charge in [-0.05, 0) is 54.7 Å². The van der Waals surface area contributed by atoms with E-state index in [2.05, 4.69) is 76.1 Å². The molecule has 0 saturated heterocycles. The molecular formula is C29H24N2. The van der Waals surface area contributed by atoms with Gasteiger partial charge in [-0.2, -0.15) is 0 Å². The van der Waals surface area contributed by atoms with Crippen molar-refractivity contribution in [2.24, 2.45) is 0 Å². The quantitative estimate of drug-likeness (QED) is 0.288. The van der Waals surface area contributed by atoms with Gasteiger partial charge in [0.1, 0.15) is 0 Å². The molecule has 3 aromatic carbocycles. The Labute approximate surface area is 181 Å². The first-order chi connectivity index (χ1) is 15.4. The van der Waals surface area contributed by atoms with Crippen LogP contribution in [-0.2, 0) is 0 Å². The van der Waals surface area contributed by atoms with Gasteiger partial charge in [-0.3, -0.25) is 4.98 Å². The molecule has 3 heterocycles. The van der Waals surface area contributed by atoms with Crippen molar-refractivity contribution in [1.29, 1.82) is 0 Å². The highest BCUT2D eigenvalue weighted by molar-refractivity contribution is 6.24. The van der Waals surface area contributed by atoms with E-state index in [1.807, 2.05) is 12.3 Å². The van der Waals surface area contributed by atoms with Gasteiger partial charge >= 0.3 is 0 Å². The Morgan fingerprint density at radius 2 is 1.45 bits per heavy atom. The van der Waals surface area contributed by atoms with Crippen LogP contribution < -0.4 is 0 Å². The molecule has 0 spiro atoms. The minimum atomic E-state index is 0.622. The summed E-state index contributed by atoms with van der Waals surface area (Å²) in [7, 11) is 0. The number of pyridine rings is 1. The number of benzene rings is 3. The van der Waals surface area contributed by atoms with E-state index in [-0.39, 0.29) is 0 Å². The average molecular weight is 401 g/mol. The first kappa shape index (κ1) is 17.3. The Morgan fingerprint density at radius 1 is 0.677 bits per heavy atom. The van der Waals surface area contributed by atoms with Crippen molar-refractivity contribution in [2.75, 3.05) is 0 Å². The normalized spacial score (nSPS) is 15.6. The van der Waals surface area contributed by atoms with Gasteiger partial charge in [0.2, 0.25) is 0 Å². The zero-order valence-corrected chi connectivity index (χ0v) is 17.5. The lowest BCUT2D eigenvalue weighted by molar-refractivity contribution is 0.445. The van der Waals surface area contributed by atoms with E-state index in [0.717, 1.165) is 5.69 Å². The third-order valence-corrected chi connectivity index (χ3v) is 7.35. The maximum Gasteiger partial charge on any atom is 0.0702 e. The van der Waals surface area contributed by atoms with Gasteiger partial charge in [0.15, 0.2) is 0 Å². The van der Waals surface area contributed by atoms with Crippen LogP contribution in [0.15, 0.2) is 79.0 Å². The topological polar surface area (TPSA) is 17.3 Å². The molecule has 2 nitrogen and oxygen atoms in total. The molecule has 31 heavy (non-hydrogen) atoms. The molecule has 1 aliphatic rings. The summed E-state index contributed by atoms with van der Waals surface area (Å²) in [5.41, 5.74) is 7.93. The van der Waals surface area contributed by atoms with Gasteiger partial charge < -0.3 is 4.40 Å². The molecule has 1 saturated carbocycles. The SMILES string of the molecule is c1ccc(-c2cc(C3CCCCC3)c3c(c2)c2cccc4c5ccccc5n3c42)nc1. The molecule has 1 fully saturated rings. The van der Waals surface area contributed by atoms with Gasteiger partial charge in [0.25, 0.3) is 0 Å². The van der Waals surface area contributed by atoms with E-state index >= 15 is 0 Å². The Kier molecular flexibility index (Phi) is 3.66. The van der Waals surface area contributed by atoms with Gasteiger partial charge in [-0.25, -0.2) is 0 Å². The second-order valence-corrected chi connectivity index (χ2v) is 9.07. The first-order valence-electron chi connectivity index (χ1n) is 11.5. The number of hydrogen-bond donors (Lipinski definition) is 0. The smallest absolute Gasteiger partial charge is 0.0702 e. The van der Waals surface area contributed by atoms with Crippen LogP contribution in [0.1, 0.15) is 43.6 Å². The Morgan fingerprint density at radius 3 is 2.29 bits per heavy atom. The fourth-order valence-corrected chi connectivity index (χ4v) is 5.99. The van der Waals surface area contributed by atoms with Gasteiger partial charge in [-0.15, -0.1) is 0 Å². The minimum Gasteiger partial charge on any atom is -0.308 e. The van der Waals surface area contributed by atoms with Crippen molar-refractivity contribution in [1.82, 2.24) is 9.38 Å². The summed E-state index contributed by atoms with van der Waals surface area (Å²) in [6.45, 7) is 0. The monoisotopic (exact) mass is 400 g/mol. The van der Waals surface area contributed by atoms with Crippen LogP contribution in [0.5, 0.6) is 0 Å². The predicted octanol–water partition coefficient (Wildman–Crippen LogP) is 7.95. The number of rotatable bonds is 2. The van der Waals surface area contributed by atoms with Gasteiger partial charge in [0, 0.05) is 33.3 Å². The van der Waals surface area contributed by atoms with Crippen molar-refractivity contribution in [3.8, 4) is 11.3 Å². The van der Waals surface area contributed by atoms with Gasteiger partial charge in [0.05, 0.1) is 22.2 Å². The molecule has 3 aromatic heterocycles. The van der Waals surface area contributed by atoms with Crippen molar-refractivity contribution < 1.29 is 0 Å². The molecule has 0 bridgehead atoms. The first-order valence-corrected chi connectivity index (χ1v) is 11.5. The number of aromatic nitrogens is 2. The fourth-order valence-electron chi connectivity index (χ4n) is 5.99. The molecule has 2 heteroatoms. The van der Waals surface area contributed by atoms with E-state index in [1.54, 1.807) is 0 Å². The number of hydrogen-bond acceptors (Lipinski definition) is 1. The maximum atomic E-state index is 4.69. The van der Waals surface area contributed by atoms with Gasteiger partial charge in [-0.1, -0.05) is 61.7 Å². The Bertz CT molecular complexity index is 1550. The maximum absolute atomic E-state index is 4.69. The van der Waals surface area contributed by atoms with E-state index in [1.165, 1.54) is 81.3 Å². The molecule has 0 radical (unpaired) electrons.